The van der Waals surface area contributed by atoms with Gasteiger partial charge in [0, 0.05) is 18.6 Å². The van der Waals surface area contributed by atoms with Crippen molar-refractivity contribution in [2.24, 2.45) is 5.92 Å². The molecule has 2 nitrogen and oxygen atoms in total. The molecule has 0 aromatic carbocycles. The van der Waals surface area contributed by atoms with E-state index in [1.807, 2.05) is 0 Å². The van der Waals surface area contributed by atoms with Crippen LogP contribution in [0.25, 0.3) is 0 Å². The molecular formula is C14H28N2. The quantitative estimate of drug-likeness (QED) is 0.606. The SMILES string of the molecule is CCNCCCC(C)N(CC1CC1)C1CC1. The minimum absolute atomic E-state index is 0.812. The molecule has 0 saturated heterocycles. The second-order valence-electron chi connectivity index (χ2n) is 5.72. The standard InChI is InChI=1S/C14H28N2/c1-3-15-10-4-5-12(2)16(14-8-9-14)11-13-6-7-13/h12-15H,3-11H2,1-2H3. The Bertz CT molecular complexity index is 197. The fraction of sp³-hybridized carbons (Fsp3) is 1.00. The largest absolute Gasteiger partial charge is 0.317 e. The highest BCUT2D eigenvalue weighted by molar-refractivity contribution is 4.90. The highest BCUT2D eigenvalue weighted by Gasteiger charge is 2.35. The second-order valence-corrected chi connectivity index (χ2v) is 5.72. The van der Waals surface area contributed by atoms with E-state index in [2.05, 4.69) is 24.1 Å². The first-order chi connectivity index (χ1) is 7.81. The summed E-state index contributed by atoms with van der Waals surface area (Å²) in [6.07, 6.45) is 8.62. The van der Waals surface area contributed by atoms with E-state index in [-0.39, 0.29) is 0 Å². The summed E-state index contributed by atoms with van der Waals surface area (Å²) in [5, 5.41) is 3.42. The van der Waals surface area contributed by atoms with Gasteiger partial charge in [-0.25, -0.2) is 0 Å². The van der Waals surface area contributed by atoms with E-state index in [4.69, 9.17) is 0 Å². The summed E-state index contributed by atoms with van der Waals surface area (Å²) in [4.78, 5) is 2.81. The number of nitrogens with zero attached hydrogens (tertiary/aromatic N) is 1. The number of nitrogens with one attached hydrogen (secondary N) is 1. The van der Waals surface area contributed by atoms with Gasteiger partial charge in [0.1, 0.15) is 0 Å². The molecular weight excluding hydrogens is 196 g/mol. The van der Waals surface area contributed by atoms with Crippen molar-refractivity contribution in [3.8, 4) is 0 Å². The molecule has 2 saturated carbocycles. The molecule has 0 aromatic rings. The summed E-state index contributed by atoms with van der Waals surface area (Å²) in [5.41, 5.74) is 0. The third-order valence-electron chi connectivity index (χ3n) is 3.97. The molecule has 2 heteroatoms. The average molecular weight is 224 g/mol. The van der Waals surface area contributed by atoms with Gasteiger partial charge in [-0.15, -0.1) is 0 Å². The van der Waals surface area contributed by atoms with E-state index in [1.165, 1.54) is 51.6 Å². The predicted molar refractivity (Wildman–Crippen MR) is 69.7 cm³/mol. The van der Waals surface area contributed by atoms with Crippen molar-refractivity contribution >= 4 is 0 Å². The van der Waals surface area contributed by atoms with Crippen molar-refractivity contribution in [3.63, 3.8) is 0 Å². The van der Waals surface area contributed by atoms with Gasteiger partial charge in [0.25, 0.3) is 0 Å². The lowest BCUT2D eigenvalue weighted by Gasteiger charge is -2.29. The van der Waals surface area contributed by atoms with Gasteiger partial charge in [0.2, 0.25) is 0 Å². The van der Waals surface area contributed by atoms with E-state index in [0.717, 1.165) is 24.5 Å². The van der Waals surface area contributed by atoms with Gasteiger partial charge < -0.3 is 5.32 Å². The van der Waals surface area contributed by atoms with Crippen LogP contribution >= 0.6 is 0 Å². The molecule has 2 rings (SSSR count). The van der Waals surface area contributed by atoms with Gasteiger partial charge in [0.05, 0.1) is 0 Å². The van der Waals surface area contributed by atoms with Crippen LogP contribution < -0.4 is 5.32 Å². The molecule has 0 heterocycles. The third-order valence-corrected chi connectivity index (χ3v) is 3.97. The van der Waals surface area contributed by atoms with Crippen molar-refractivity contribution in [2.45, 2.75) is 64.5 Å². The van der Waals surface area contributed by atoms with Crippen LogP contribution in [0, 0.1) is 5.92 Å². The average Bonchev–Trinajstić information content (AvgIpc) is 3.14. The lowest BCUT2D eigenvalue weighted by molar-refractivity contribution is 0.179. The molecule has 1 N–H and O–H groups in total. The lowest BCUT2D eigenvalue weighted by atomic mass is 10.1. The molecule has 0 amide bonds. The zero-order valence-corrected chi connectivity index (χ0v) is 11.0. The van der Waals surface area contributed by atoms with Gasteiger partial charge in [-0.3, -0.25) is 4.90 Å². The Morgan fingerprint density at radius 3 is 2.56 bits per heavy atom. The molecule has 2 fully saturated rings. The highest BCUT2D eigenvalue weighted by atomic mass is 15.2. The van der Waals surface area contributed by atoms with Crippen molar-refractivity contribution in [2.75, 3.05) is 19.6 Å². The van der Waals surface area contributed by atoms with Gasteiger partial charge in [-0.2, -0.15) is 0 Å². The van der Waals surface area contributed by atoms with E-state index in [0.29, 0.717) is 0 Å². The number of hydrogen-bond acceptors (Lipinski definition) is 2. The smallest absolute Gasteiger partial charge is 0.00993 e. The van der Waals surface area contributed by atoms with Crippen LogP contribution in [0.4, 0.5) is 0 Å². The van der Waals surface area contributed by atoms with Crippen LogP contribution in [0.5, 0.6) is 0 Å². The summed E-state index contributed by atoms with van der Waals surface area (Å²) in [7, 11) is 0. The molecule has 0 aliphatic heterocycles. The molecule has 2 aliphatic carbocycles. The van der Waals surface area contributed by atoms with Crippen LogP contribution in [0.3, 0.4) is 0 Å². The van der Waals surface area contributed by atoms with E-state index < -0.39 is 0 Å². The maximum absolute atomic E-state index is 3.42. The van der Waals surface area contributed by atoms with Crippen molar-refractivity contribution in [3.05, 3.63) is 0 Å². The molecule has 0 radical (unpaired) electrons. The van der Waals surface area contributed by atoms with Crippen LogP contribution in [-0.2, 0) is 0 Å². The Kier molecular flexibility index (Phi) is 4.66. The Labute approximate surface area is 101 Å². The maximum Gasteiger partial charge on any atom is 0.00993 e. The Balaban J connectivity index is 1.64. The monoisotopic (exact) mass is 224 g/mol. The zero-order valence-electron chi connectivity index (χ0n) is 11.0. The third kappa shape index (κ3) is 4.06. The molecule has 2 aliphatic rings. The first-order valence-corrected chi connectivity index (χ1v) is 7.27. The van der Waals surface area contributed by atoms with Crippen molar-refractivity contribution in [1.29, 1.82) is 0 Å². The minimum Gasteiger partial charge on any atom is -0.317 e. The molecule has 0 spiro atoms. The van der Waals surface area contributed by atoms with E-state index in [9.17, 15) is 0 Å². The maximum atomic E-state index is 3.42. The fourth-order valence-corrected chi connectivity index (χ4v) is 2.56. The summed E-state index contributed by atoms with van der Waals surface area (Å²) in [6, 6.07) is 1.77. The Hall–Kier alpha value is -0.0800. The van der Waals surface area contributed by atoms with Gasteiger partial charge in [-0.1, -0.05) is 6.92 Å². The Morgan fingerprint density at radius 2 is 2.00 bits per heavy atom. The fourth-order valence-electron chi connectivity index (χ4n) is 2.56. The van der Waals surface area contributed by atoms with Crippen LogP contribution in [0.1, 0.15) is 52.4 Å². The summed E-state index contributed by atoms with van der Waals surface area (Å²) < 4.78 is 0. The molecule has 94 valence electrons. The number of rotatable bonds is 9. The number of hydrogen-bond donors (Lipinski definition) is 1. The molecule has 0 aromatic heterocycles. The minimum atomic E-state index is 0.812. The van der Waals surface area contributed by atoms with Crippen LogP contribution in [-0.4, -0.2) is 36.6 Å². The van der Waals surface area contributed by atoms with E-state index >= 15 is 0 Å². The summed E-state index contributed by atoms with van der Waals surface area (Å²) in [5.74, 6) is 1.05. The first kappa shape index (κ1) is 12.4. The van der Waals surface area contributed by atoms with Crippen LogP contribution in [0.2, 0.25) is 0 Å². The normalized spacial score (nSPS) is 22.7. The summed E-state index contributed by atoms with van der Waals surface area (Å²) in [6.45, 7) is 8.33. The topological polar surface area (TPSA) is 15.3 Å². The summed E-state index contributed by atoms with van der Waals surface area (Å²) >= 11 is 0. The van der Waals surface area contributed by atoms with Gasteiger partial charge in [-0.05, 0) is 64.5 Å². The van der Waals surface area contributed by atoms with Gasteiger partial charge in [0.15, 0.2) is 0 Å². The van der Waals surface area contributed by atoms with Crippen molar-refractivity contribution < 1.29 is 0 Å². The zero-order chi connectivity index (χ0) is 11.4. The molecule has 16 heavy (non-hydrogen) atoms. The first-order valence-electron chi connectivity index (χ1n) is 7.27. The molecule has 1 atom stereocenters. The highest BCUT2D eigenvalue weighted by Crippen LogP contribution is 2.36. The van der Waals surface area contributed by atoms with Crippen molar-refractivity contribution in [1.82, 2.24) is 10.2 Å². The molecule has 0 bridgehead atoms. The molecule has 1 unspecified atom stereocenters. The van der Waals surface area contributed by atoms with E-state index in [1.54, 1.807) is 0 Å². The second kappa shape index (κ2) is 6.02. The van der Waals surface area contributed by atoms with Crippen LogP contribution in [0.15, 0.2) is 0 Å². The predicted octanol–water partition coefficient (Wildman–Crippen LogP) is 2.64. The Morgan fingerprint density at radius 1 is 1.25 bits per heavy atom. The van der Waals surface area contributed by atoms with Gasteiger partial charge >= 0.3 is 0 Å². The lowest BCUT2D eigenvalue weighted by Crippen LogP contribution is -2.37.